The van der Waals surface area contributed by atoms with Crippen LogP contribution in [0.15, 0.2) is 18.3 Å². The summed E-state index contributed by atoms with van der Waals surface area (Å²) in [5.41, 5.74) is 0.906. The number of hydrogen-bond donors (Lipinski definition) is 0. The number of nitrogens with zero attached hydrogens (tertiary/aromatic N) is 1. The van der Waals surface area contributed by atoms with Gasteiger partial charge in [-0.3, -0.25) is 4.79 Å². The summed E-state index contributed by atoms with van der Waals surface area (Å²) in [5.74, 6) is 0.0374. The second kappa shape index (κ2) is 4.90. The van der Waals surface area contributed by atoms with Gasteiger partial charge < -0.3 is 14.2 Å². The minimum absolute atomic E-state index is 0.190. The molecule has 1 aliphatic carbocycles. The Balaban J connectivity index is 1.82. The number of carbonyl (C=O) groups excluding carboxylic acids is 1. The van der Waals surface area contributed by atoms with Gasteiger partial charge in [0.15, 0.2) is 5.79 Å². The SMILES string of the molecule is COc1ccc(C2CC3(CCC2=O)OCCO3)cn1. The average Bonchev–Trinajstić information content (AvgIpc) is 2.90. The van der Waals surface area contributed by atoms with E-state index in [0.717, 1.165) is 5.56 Å². The molecule has 0 aromatic carbocycles. The second-order valence-corrected chi connectivity index (χ2v) is 4.96. The third-order valence-corrected chi connectivity index (χ3v) is 3.84. The molecule has 1 aromatic heterocycles. The summed E-state index contributed by atoms with van der Waals surface area (Å²) in [4.78, 5) is 16.3. The van der Waals surface area contributed by atoms with Crippen LogP contribution in [-0.4, -0.2) is 36.9 Å². The molecule has 0 radical (unpaired) electrons. The number of methoxy groups -OCH3 is 1. The Morgan fingerprint density at radius 3 is 2.79 bits per heavy atom. The van der Waals surface area contributed by atoms with E-state index in [1.54, 1.807) is 19.4 Å². The molecule has 0 amide bonds. The van der Waals surface area contributed by atoms with Gasteiger partial charge in [-0.15, -0.1) is 0 Å². The van der Waals surface area contributed by atoms with Crippen LogP contribution in [0.1, 0.15) is 30.7 Å². The molecule has 1 spiro atoms. The van der Waals surface area contributed by atoms with E-state index in [4.69, 9.17) is 14.2 Å². The molecule has 1 saturated carbocycles. The van der Waals surface area contributed by atoms with Gasteiger partial charge in [-0.2, -0.15) is 0 Å². The number of ether oxygens (including phenoxy) is 3. The van der Waals surface area contributed by atoms with Gasteiger partial charge in [0.05, 0.1) is 20.3 Å². The van der Waals surface area contributed by atoms with Crippen LogP contribution in [0.25, 0.3) is 0 Å². The molecule has 2 fully saturated rings. The predicted molar refractivity (Wildman–Crippen MR) is 67.0 cm³/mol. The highest BCUT2D eigenvalue weighted by atomic mass is 16.7. The van der Waals surface area contributed by atoms with Crippen molar-refractivity contribution < 1.29 is 19.0 Å². The van der Waals surface area contributed by atoms with E-state index in [1.807, 2.05) is 6.07 Å². The maximum atomic E-state index is 12.1. The molecule has 1 aliphatic heterocycles. The fourth-order valence-corrected chi connectivity index (χ4v) is 2.80. The van der Waals surface area contributed by atoms with Crippen molar-refractivity contribution in [3.05, 3.63) is 23.9 Å². The lowest BCUT2D eigenvalue weighted by Crippen LogP contribution is -2.39. The van der Waals surface area contributed by atoms with Crippen LogP contribution in [0.4, 0.5) is 0 Å². The van der Waals surface area contributed by atoms with E-state index in [-0.39, 0.29) is 11.7 Å². The zero-order valence-corrected chi connectivity index (χ0v) is 10.9. The van der Waals surface area contributed by atoms with Gasteiger partial charge in [0.1, 0.15) is 5.78 Å². The molecule has 19 heavy (non-hydrogen) atoms. The van der Waals surface area contributed by atoms with E-state index in [1.165, 1.54) is 0 Å². The first-order valence-corrected chi connectivity index (χ1v) is 6.53. The zero-order chi connectivity index (χ0) is 13.3. The molecule has 1 saturated heterocycles. The van der Waals surface area contributed by atoms with Gasteiger partial charge in [0.25, 0.3) is 0 Å². The number of pyridine rings is 1. The molecular weight excluding hydrogens is 246 g/mol. The number of carbonyl (C=O) groups is 1. The Morgan fingerprint density at radius 1 is 1.37 bits per heavy atom. The average molecular weight is 263 g/mol. The van der Waals surface area contributed by atoms with Crippen LogP contribution in [-0.2, 0) is 14.3 Å². The highest BCUT2D eigenvalue weighted by Gasteiger charge is 2.45. The largest absolute Gasteiger partial charge is 0.481 e. The van der Waals surface area contributed by atoms with Crippen molar-refractivity contribution >= 4 is 5.78 Å². The number of ketones is 1. The number of Topliss-reactive ketones (excluding diaryl/α,β-unsaturated/α-hetero) is 1. The summed E-state index contributed by atoms with van der Waals surface area (Å²) in [6.45, 7) is 1.23. The fourth-order valence-electron chi connectivity index (χ4n) is 2.80. The maximum absolute atomic E-state index is 12.1. The Kier molecular flexibility index (Phi) is 3.24. The summed E-state index contributed by atoms with van der Waals surface area (Å²) >= 11 is 0. The fraction of sp³-hybridized carbons (Fsp3) is 0.571. The van der Waals surface area contributed by atoms with Crippen molar-refractivity contribution in [3.63, 3.8) is 0 Å². The monoisotopic (exact) mass is 263 g/mol. The minimum atomic E-state index is -0.557. The molecule has 0 bridgehead atoms. The summed E-state index contributed by atoms with van der Waals surface area (Å²) in [6.07, 6.45) is 3.44. The quantitative estimate of drug-likeness (QED) is 0.812. The first-order chi connectivity index (χ1) is 9.22. The topological polar surface area (TPSA) is 57.7 Å². The van der Waals surface area contributed by atoms with Gasteiger partial charge in [0, 0.05) is 37.4 Å². The Labute approximate surface area is 111 Å². The number of rotatable bonds is 2. The van der Waals surface area contributed by atoms with E-state index in [2.05, 4.69) is 4.98 Å². The number of aromatic nitrogens is 1. The lowest BCUT2D eigenvalue weighted by atomic mass is 9.80. The van der Waals surface area contributed by atoms with Crippen molar-refractivity contribution in [2.45, 2.75) is 31.0 Å². The lowest BCUT2D eigenvalue weighted by Gasteiger charge is -2.35. The Hall–Kier alpha value is -1.46. The third-order valence-electron chi connectivity index (χ3n) is 3.84. The summed E-state index contributed by atoms with van der Waals surface area (Å²) < 4.78 is 16.4. The molecule has 102 valence electrons. The zero-order valence-electron chi connectivity index (χ0n) is 10.9. The van der Waals surface area contributed by atoms with E-state index in [0.29, 0.717) is 38.4 Å². The molecule has 1 aromatic rings. The summed E-state index contributed by atoms with van der Waals surface area (Å²) in [5, 5.41) is 0. The van der Waals surface area contributed by atoms with Crippen LogP contribution in [0.3, 0.4) is 0 Å². The van der Waals surface area contributed by atoms with E-state index in [9.17, 15) is 4.79 Å². The summed E-state index contributed by atoms with van der Waals surface area (Å²) in [7, 11) is 1.57. The normalized spacial score (nSPS) is 25.7. The van der Waals surface area contributed by atoms with Crippen LogP contribution in [0.5, 0.6) is 5.88 Å². The van der Waals surface area contributed by atoms with Gasteiger partial charge in [-0.1, -0.05) is 6.07 Å². The Morgan fingerprint density at radius 2 is 2.16 bits per heavy atom. The molecular formula is C14H17NO4. The van der Waals surface area contributed by atoms with Crippen molar-refractivity contribution in [1.29, 1.82) is 0 Å². The number of hydrogen-bond acceptors (Lipinski definition) is 5. The van der Waals surface area contributed by atoms with Gasteiger partial charge >= 0.3 is 0 Å². The molecule has 5 nitrogen and oxygen atoms in total. The smallest absolute Gasteiger partial charge is 0.212 e. The predicted octanol–water partition coefficient (Wildman–Crippen LogP) is 1.67. The molecule has 2 aliphatic rings. The standard InChI is InChI=1S/C14H17NO4/c1-17-13-3-2-10(9-15-13)11-8-14(5-4-12(11)16)18-6-7-19-14/h2-3,9,11H,4-8H2,1H3. The second-order valence-electron chi connectivity index (χ2n) is 4.96. The van der Waals surface area contributed by atoms with Crippen molar-refractivity contribution in [2.24, 2.45) is 0 Å². The van der Waals surface area contributed by atoms with Crippen molar-refractivity contribution in [1.82, 2.24) is 4.98 Å². The van der Waals surface area contributed by atoms with Crippen molar-refractivity contribution in [3.8, 4) is 5.88 Å². The van der Waals surface area contributed by atoms with E-state index < -0.39 is 5.79 Å². The van der Waals surface area contributed by atoms with Crippen LogP contribution in [0, 0.1) is 0 Å². The van der Waals surface area contributed by atoms with Crippen LogP contribution < -0.4 is 4.74 Å². The molecule has 2 heterocycles. The van der Waals surface area contributed by atoms with Gasteiger partial charge in [-0.05, 0) is 5.56 Å². The molecule has 1 unspecified atom stereocenters. The van der Waals surface area contributed by atoms with Crippen LogP contribution in [0.2, 0.25) is 0 Å². The van der Waals surface area contributed by atoms with Gasteiger partial charge in [0.2, 0.25) is 5.88 Å². The first-order valence-electron chi connectivity index (χ1n) is 6.53. The highest BCUT2D eigenvalue weighted by molar-refractivity contribution is 5.86. The van der Waals surface area contributed by atoms with E-state index >= 15 is 0 Å². The molecule has 1 atom stereocenters. The molecule has 5 heteroatoms. The Bertz CT molecular complexity index is 465. The highest BCUT2D eigenvalue weighted by Crippen LogP contribution is 2.41. The molecule has 0 N–H and O–H groups in total. The maximum Gasteiger partial charge on any atom is 0.212 e. The first kappa shape index (κ1) is 12.6. The molecule has 3 rings (SSSR count). The third kappa shape index (κ3) is 2.35. The van der Waals surface area contributed by atoms with Crippen molar-refractivity contribution in [2.75, 3.05) is 20.3 Å². The summed E-state index contributed by atoms with van der Waals surface area (Å²) in [6, 6.07) is 3.67. The lowest BCUT2D eigenvalue weighted by molar-refractivity contribution is -0.183. The van der Waals surface area contributed by atoms with Gasteiger partial charge in [-0.25, -0.2) is 4.98 Å². The minimum Gasteiger partial charge on any atom is -0.481 e. The van der Waals surface area contributed by atoms with Crippen LogP contribution >= 0.6 is 0 Å².